The molecule has 0 saturated carbocycles. The maximum absolute atomic E-state index is 11.4. The Bertz CT molecular complexity index is 190. The number of methoxy groups -OCH3 is 1. The molecule has 0 fully saturated rings. The third-order valence-electron chi connectivity index (χ3n) is 1.10. The molecule has 0 saturated heterocycles. The number of hydrogen-bond acceptors (Lipinski definition) is 5. The van der Waals surface area contributed by atoms with E-state index in [1.807, 2.05) is 6.92 Å². The van der Waals surface area contributed by atoms with Crippen LogP contribution in [0.15, 0.2) is 0 Å². The molecule has 0 radical (unpaired) electrons. The molecule has 0 aliphatic rings. The molecule has 0 spiro atoms. The van der Waals surface area contributed by atoms with Crippen LogP contribution in [0.2, 0.25) is 0 Å². The van der Waals surface area contributed by atoms with Gasteiger partial charge in [-0.3, -0.25) is 0 Å². The van der Waals surface area contributed by atoms with Gasteiger partial charge in [-0.1, -0.05) is 6.92 Å². The lowest BCUT2D eigenvalue weighted by molar-refractivity contribution is 0.171. The zero-order valence-electron chi connectivity index (χ0n) is 7.40. The van der Waals surface area contributed by atoms with Crippen molar-refractivity contribution in [1.29, 1.82) is 0 Å². The summed E-state index contributed by atoms with van der Waals surface area (Å²) in [5.41, 5.74) is -0.960. The second-order valence-electron chi connectivity index (χ2n) is 1.98. The number of ether oxygens (including phenoxy) is 1. The fourth-order valence-electron chi connectivity index (χ4n) is 0.503. The normalized spacial score (nSPS) is 15.2. The average molecular weight is 196 g/mol. The fraction of sp³-hybridized carbons (Fsp3) is 0.833. The maximum atomic E-state index is 11.4. The molecule has 0 aromatic rings. The van der Waals surface area contributed by atoms with Crippen LogP contribution >= 0.6 is 7.60 Å². The van der Waals surface area contributed by atoms with Gasteiger partial charge in [-0.05, 0) is 6.42 Å². The summed E-state index contributed by atoms with van der Waals surface area (Å²) in [5.74, 6) is 0. The Labute approximate surface area is 71.5 Å². The van der Waals surface area contributed by atoms with Gasteiger partial charge in [-0.2, -0.15) is 0 Å². The van der Waals surface area contributed by atoms with E-state index in [-0.39, 0.29) is 6.61 Å². The molecule has 0 bridgehead atoms. The van der Waals surface area contributed by atoms with Crippen molar-refractivity contribution in [3.63, 3.8) is 0 Å². The summed E-state index contributed by atoms with van der Waals surface area (Å²) >= 11 is 0. The second-order valence-corrected chi connectivity index (χ2v) is 3.97. The Hall–Kier alpha value is -0.380. The minimum Gasteiger partial charge on any atom is -0.460 e. The van der Waals surface area contributed by atoms with Crippen LogP contribution in [0.5, 0.6) is 0 Å². The van der Waals surface area contributed by atoms with Crippen molar-refractivity contribution >= 4 is 13.3 Å². The summed E-state index contributed by atoms with van der Waals surface area (Å²) in [6, 6.07) is 0. The summed E-state index contributed by atoms with van der Waals surface area (Å²) < 4.78 is 24.8. The monoisotopic (exact) mass is 196 g/mol. The topological polar surface area (TPSA) is 61.8 Å². The fourth-order valence-corrected chi connectivity index (χ4v) is 1.51. The molecule has 0 aromatic heterocycles. The van der Waals surface area contributed by atoms with Crippen molar-refractivity contribution in [1.82, 2.24) is 0 Å². The molecule has 0 amide bonds. The van der Waals surface area contributed by atoms with Gasteiger partial charge in [0.05, 0.1) is 13.7 Å². The molecule has 0 aromatic carbocycles. The maximum Gasteiger partial charge on any atom is 0.438 e. The minimum absolute atomic E-state index is 0.209. The molecule has 72 valence electrons. The lowest BCUT2D eigenvalue weighted by atomic mass is 10.5. The van der Waals surface area contributed by atoms with Crippen molar-refractivity contribution in [3.8, 4) is 0 Å². The van der Waals surface area contributed by atoms with Gasteiger partial charge in [0, 0.05) is 7.11 Å². The highest BCUT2D eigenvalue weighted by Gasteiger charge is 2.34. The van der Waals surface area contributed by atoms with Crippen LogP contribution in [-0.2, 0) is 18.3 Å². The largest absolute Gasteiger partial charge is 0.460 e. The summed E-state index contributed by atoms with van der Waals surface area (Å²) in [5, 5.41) is 0. The summed E-state index contributed by atoms with van der Waals surface area (Å²) in [6.45, 7) is 2.04. The predicted octanol–water partition coefficient (Wildman–Crippen LogP) is 2.02. The van der Waals surface area contributed by atoms with E-state index in [1.54, 1.807) is 0 Å². The average Bonchev–Trinajstić information content (AvgIpc) is 2.12. The van der Waals surface area contributed by atoms with Crippen molar-refractivity contribution in [2.75, 3.05) is 20.8 Å². The van der Waals surface area contributed by atoms with Gasteiger partial charge in [0.25, 0.3) is 0 Å². The molecule has 6 heteroatoms. The lowest BCUT2D eigenvalue weighted by Crippen LogP contribution is -2.05. The van der Waals surface area contributed by atoms with E-state index in [0.29, 0.717) is 6.42 Å². The van der Waals surface area contributed by atoms with Crippen molar-refractivity contribution in [2.24, 2.45) is 0 Å². The minimum atomic E-state index is -3.67. The van der Waals surface area contributed by atoms with E-state index in [2.05, 4.69) is 9.26 Å². The molecule has 0 heterocycles. The Balaban J connectivity index is 4.24. The van der Waals surface area contributed by atoms with Gasteiger partial charge in [0.15, 0.2) is 0 Å². The van der Waals surface area contributed by atoms with Gasteiger partial charge in [-0.15, -0.1) is 0 Å². The van der Waals surface area contributed by atoms with Crippen LogP contribution in [0.3, 0.4) is 0 Å². The molecule has 1 atom stereocenters. The smallest absolute Gasteiger partial charge is 0.438 e. The molecule has 1 unspecified atom stereocenters. The number of carbonyl (C=O) groups is 1. The summed E-state index contributed by atoms with van der Waals surface area (Å²) in [4.78, 5) is 10.8. The van der Waals surface area contributed by atoms with E-state index >= 15 is 0 Å². The third-order valence-corrected chi connectivity index (χ3v) is 2.74. The van der Waals surface area contributed by atoms with Crippen molar-refractivity contribution < 1.29 is 23.1 Å². The first-order valence-corrected chi connectivity index (χ1v) is 5.03. The Morgan fingerprint density at radius 3 is 2.33 bits per heavy atom. The van der Waals surface area contributed by atoms with E-state index in [9.17, 15) is 9.36 Å². The highest BCUT2D eigenvalue weighted by atomic mass is 31.2. The van der Waals surface area contributed by atoms with E-state index < -0.39 is 13.3 Å². The summed E-state index contributed by atoms with van der Waals surface area (Å²) in [7, 11) is -1.39. The molecule has 0 rings (SSSR count). The lowest BCUT2D eigenvalue weighted by Gasteiger charge is -2.12. The van der Waals surface area contributed by atoms with E-state index in [0.717, 1.165) is 14.2 Å². The quantitative estimate of drug-likeness (QED) is 0.629. The second kappa shape index (κ2) is 5.30. The van der Waals surface area contributed by atoms with Crippen LogP contribution in [0.25, 0.3) is 0 Å². The van der Waals surface area contributed by atoms with Gasteiger partial charge in [0.2, 0.25) is 0 Å². The Morgan fingerprint density at radius 1 is 1.42 bits per heavy atom. The van der Waals surface area contributed by atoms with Crippen LogP contribution in [0.1, 0.15) is 13.3 Å². The third kappa shape index (κ3) is 2.93. The number of rotatable bonds is 5. The molecule has 5 nitrogen and oxygen atoms in total. The zero-order chi connectivity index (χ0) is 9.61. The first kappa shape index (κ1) is 11.6. The summed E-state index contributed by atoms with van der Waals surface area (Å²) in [6.07, 6.45) is 0.657. The predicted molar refractivity (Wildman–Crippen MR) is 43.3 cm³/mol. The number of hydrogen-bond donors (Lipinski definition) is 0. The highest BCUT2D eigenvalue weighted by molar-refractivity contribution is 7.71. The zero-order valence-corrected chi connectivity index (χ0v) is 8.30. The SMILES string of the molecule is CCCOP(=O)(OC)C(=O)OC. The number of carbonyl (C=O) groups excluding carboxylic acids is 1. The van der Waals surface area contributed by atoms with Gasteiger partial charge < -0.3 is 13.8 Å². The van der Waals surface area contributed by atoms with Crippen molar-refractivity contribution in [3.05, 3.63) is 0 Å². The molecular weight excluding hydrogens is 183 g/mol. The van der Waals surface area contributed by atoms with Gasteiger partial charge in [-0.25, -0.2) is 9.36 Å². The van der Waals surface area contributed by atoms with E-state index in [1.165, 1.54) is 0 Å². The molecule has 0 aliphatic heterocycles. The first-order valence-electron chi connectivity index (χ1n) is 3.49. The molecule has 12 heavy (non-hydrogen) atoms. The van der Waals surface area contributed by atoms with E-state index in [4.69, 9.17) is 4.52 Å². The van der Waals surface area contributed by atoms with Crippen LogP contribution < -0.4 is 0 Å². The highest BCUT2D eigenvalue weighted by Crippen LogP contribution is 2.48. The van der Waals surface area contributed by atoms with Crippen LogP contribution in [0, 0.1) is 0 Å². The molecule has 0 aliphatic carbocycles. The standard InChI is InChI=1S/C6H13O5P/c1-4-5-11-12(8,10-3)6(7)9-2/h4-5H2,1-3H3. The van der Waals surface area contributed by atoms with Gasteiger partial charge in [0.1, 0.15) is 0 Å². The van der Waals surface area contributed by atoms with Crippen LogP contribution in [0.4, 0.5) is 4.79 Å². The molecular formula is C6H13O5P. The van der Waals surface area contributed by atoms with Crippen LogP contribution in [-0.4, -0.2) is 26.5 Å². The Morgan fingerprint density at radius 2 is 2.00 bits per heavy atom. The molecule has 0 N–H and O–H groups in total. The Kier molecular flexibility index (Phi) is 5.13. The van der Waals surface area contributed by atoms with Gasteiger partial charge >= 0.3 is 13.3 Å². The van der Waals surface area contributed by atoms with Crippen molar-refractivity contribution in [2.45, 2.75) is 13.3 Å². The first-order chi connectivity index (χ1) is 5.60.